The van der Waals surface area contributed by atoms with Crippen molar-refractivity contribution in [1.82, 2.24) is 14.8 Å². The average Bonchev–Trinajstić information content (AvgIpc) is 2.31. The lowest BCUT2D eigenvalue weighted by Gasteiger charge is -2.05. The predicted molar refractivity (Wildman–Crippen MR) is 30.7 cm³/mol. The molecular weight excluding hydrogens is 159 g/mol. The Morgan fingerprint density at radius 2 is 2.18 bits per heavy atom. The fraction of sp³-hybridized carbons (Fsp3) is 0.600. The molecule has 11 heavy (non-hydrogen) atoms. The summed E-state index contributed by atoms with van der Waals surface area (Å²) in [4.78, 5) is 0. The first-order chi connectivity index (χ1) is 5.05. The maximum absolute atomic E-state index is 11.9. The molecule has 1 aromatic heterocycles. The predicted octanol–water partition coefficient (Wildman–Crippen LogP) is 1.32. The Morgan fingerprint density at radius 1 is 1.55 bits per heavy atom. The lowest BCUT2D eigenvalue weighted by atomic mass is 10.5. The highest BCUT2D eigenvalue weighted by atomic mass is 19.4. The van der Waals surface area contributed by atoms with Crippen LogP contribution in [0, 0.1) is 0 Å². The number of hydrogen-bond donors (Lipinski definition) is 0. The van der Waals surface area contributed by atoms with Crippen LogP contribution in [0.25, 0.3) is 0 Å². The molecule has 0 aromatic carbocycles. The lowest BCUT2D eigenvalue weighted by Crippen LogP contribution is -2.13. The van der Waals surface area contributed by atoms with E-state index < -0.39 is 12.0 Å². The van der Waals surface area contributed by atoms with Crippen molar-refractivity contribution in [3.8, 4) is 0 Å². The topological polar surface area (TPSA) is 30.7 Å². The first-order valence-electron chi connectivity index (χ1n) is 3.00. The van der Waals surface area contributed by atoms with Gasteiger partial charge in [0, 0.05) is 6.54 Å². The number of aryl methyl sites for hydroxylation is 1. The second-order valence-electron chi connectivity index (χ2n) is 1.94. The molecule has 1 heterocycles. The maximum Gasteiger partial charge on any atom is 0.451 e. The van der Waals surface area contributed by atoms with Gasteiger partial charge in [0.05, 0.1) is 0 Å². The van der Waals surface area contributed by atoms with E-state index in [1.54, 1.807) is 6.92 Å². The molecule has 1 aromatic rings. The van der Waals surface area contributed by atoms with Crippen LogP contribution in [-0.2, 0) is 12.7 Å². The number of halogens is 3. The summed E-state index contributed by atoms with van der Waals surface area (Å²) in [5.41, 5.74) is 0. The summed E-state index contributed by atoms with van der Waals surface area (Å²) in [5, 5.41) is 6.10. The van der Waals surface area contributed by atoms with Gasteiger partial charge in [-0.2, -0.15) is 13.2 Å². The standard InChI is InChI=1S/C5H6F3N3/c1-2-11-3-9-10-4(11)5(6,7)8/h3H,2H2,1H3. The fourth-order valence-corrected chi connectivity index (χ4v) is 0.706. The van der Waals surface area contributed by atoms with Crippen molar-refractivity contribution in [1.29, 1.82) is 0 Å². The molecule has 0 radical (unpaired) electrons. The molecule has 0 saturated carbocycles. The monoisotopic (exact) mass is 165 g/mol. The second-order valence-corrected chi connectivity index (χ2v) is 1.94. The lowest BCUT2D eigenvalue weighted by molar-refractivity contribution is -0.147. The molecule has 0 amide bonds. The van der Waals surface area contributed by atoms with E-state index in [0.717, 1.165) is 10.9 Å². The fourth-order valence-electron chi connectivity index (χ4n) is 0.706. The van der Waals surface area contributed by atoms with E-state index in [4.69, 9.17) is 0 Å². The quantitative estimate of drug-likeness (QED) is 0.628. The van der Waals surface area contributed by atoms with Crippen molar-refractivity contribution < 1.29 is 13.2 Å². The third-order valence-corrected chi connectivity index (χ3v) is 1.21. The van der Waals surface area contributed by atoms with E-state index in [0.29, 0.717) is 0 Å². The Kier molecular flexibility index (Phi) is 1.84. The van der Waals surface area contributed by atoms with Gasteiger partial charge in [0.2, 0.25) is 5.82 Å². The molecule has 62 valence electrons. The largest absolute Gasteiger partial charge is 0.451 e. The van der Waals surface area contributed by atoms with Gasteiger partial charge in [-0.05, 0) is 6.92 Å². The molecule has 0 atom stereocenters. The number of hydrogen-bond acceptors (Lipinski definition) is 2. The van der Waals surface area contributed by atoms with Crippen LogP contribution < -0.4 is 0 Å². The van der Waals surface area contributed by atoms with E-state index in [9.17, 15) is 13.2 Å². The zero-order valence-corrected chi connectivity index (χ0v) is 5.76. The molecule has 0 aliphatic heterocycles. The van der Waals surface area contributed by atoms with E-state index in [1.165, 1.54) is 0 Å². The van der Waals surface area contributed by atoms with Gasteiger partial charge in [0.25, 0.3) is 0 Å². The Balaban J connectivity index is 3.02. The van der Waals surface area contributed by atoms with Crippen LogP contribution in [0.5, 0.6) is 0 Å². The van der Waals surface area contributed by atoms with E-state index in [1.807, 2.05) is 0 Å². The molecule has 0 bridgehead atoms. The van der Waals surface area contributed by atoms with Gasteiger partial charge < -0.3 is 4.57 Å². The smallest absolute Gasteiger partial charge is 0.310 e. The van der Waals surface area contributed by atoms with Crippen molar-refractivity contribution in [3.05, 3.63) is 12.2 Å². The minimum atomic E-state index is -4.40. The van der Waals surface area contributed by atoms with Gasteiger partial charge in [-0.15, -0.1) is 10.2 Å². The third-order valence-electron chi connectivity index (χ3n) is 1.21. The van der Waals surface area contributed by atoms with Gasteiger partial charge in [-0.3, -0.25) is 0 Å². The van der Waals surface area contributed by atoms with Crippen LogP contribution in [0.15, 0.2) is 6.33 Å². The van der Waals surface area contributed by atoms with Crippen molar-refractivity contribution in [3.63, 3.8) is 0 Å². The summed E-state index contributed by atoms with van der Waals surface area (Å²) >= 11 is 0. The Morgan fingerprint density at radius 3 is 2.55 bits per heavy atom. The molecule has 0 aliphatic rings. The van der Waals surface area contributed by atoms with Gasteiger partial charge >= 0.3 is 6.18 Å². The SMILES string of the molecule is CCn1cnnc1C(F)(F)F. The molecule has 0 aliphatic carbocycles. The van der Waals surface area contributed by atoms with Crippen molar-refractivity contribution in [2.45, 2.75) is 19.6 Å². The molecule has 1 rings (SSSR count). The molecule has 0 unspecified atom stereocenters. The Hall–Kier alpha value is -1.07. The highest BCUT2D eigenvalue weighted by Crippen LogP contribution is 2.26. The van der Waals surface area contributed by atoms with Crippen LogP contribution in [0.4, 0.5) is 13.2 Å². The Labute approximate surface area is 60.8 Å². The summed E-state index contributed by atoms with van der Waals surface area (Å²) in [6.07, 6.45) is -3.34. The molecule has 6 heteroatoms. The van der Waals surface area contributed by atoms with Crippen LogP contribution >= 0.6 is 0 Å². The summed E-state index contributed by atoms with van der Waals surface area (Å²) < 4.78 is 36.8. The Bertz CT molecular complexity index is 239. The molecule has 0 N–H and O–H groups in total. The average molecular weight is 165 g/mol. The van der Waals surface area contributed by atoms with E-state index in [-0.39, 0.29) is 6.54 Å². The summed E-state index contributed by atoms with van der Waals surface area (Å²) in [6, 6.07) is 0. The van der Waals surface area contributed by atoms with Crippen LogP contribution in [0.3, 0.4) is 0 Å². The zero-order chi connectivity index (χ0) is 8.48. The molecule has 0 fully saturated rings. The first-order valence-corrected chi connectivity index (χ1v) is 3.00. The van der Waals surface area contributed by atoms with Crippen molar-refractivity contribution in [2.24, 2.45) is 0 Å². The summed E-state index contributed by atoms with van der Waals surface area (Å²) in [6.45, 7) is 1.82. The minimum Gasteiger partial charge on any atom is -0.310 e. The van der Waals surface area contributed by atoms with Crippen LogP contribution in [0.1, 0.15) is 12.7 Å². The van der Waals surface area contributed by atoms with Gasteiger partial charge in [-0.1, -0.05) is 0 Å². The highest BCUT2D eigenvalue weighted by Gasteiger charge is 2.36. The highest BCUT2D eigenvalue weighted by molar-refractivity contribution is 4.90. The summed E-state index contributed by atoms with van der Waals surface area (Å²) in [5.74, 6) is -0.944. The van der Waals surface area contributed by atoms with E-state index >= 15 is 0 Å². The van der Waals surface area contributed by atoms with E-state index in [2.05, 4.69) is 10.2 Å². The normalized spacial score (nSPS) is 12.0. The summed E-state index contributed by atoms with van der Waals surface area (Å²) in [7, 11) is 0. The maximum atomic E-state index is 11.9. The number of alkyl halides is 3. The molecular formula is C5H6F3N3. The van der Waals surface area contributed by atoms with Gasteiger partial charge in [0.1, 0.15) is 6.33 Å². The first kappa shape index (κ1) is 8.03. The number of rotatable bonds is 1. The van der Waals surface area contributed by atoms with Crippen LogP contribution in [0.2, 0.25) is 0 Å². The van der Waals surface area contributed by atoms with Gasteiger partial charge in [0.15, 0.2) is 0 Å². The number of aromatic nitrogens is 3. The second kappa shape index (κ2) is 2.52. The molecule has 3 nitrogen and oxygen atoms in total. The number of nitrogens with zero attached hydrogens (tertiary/aromatic N) is 3. The molecule has 0 saturated heterocycles. The van der Waals surface area contributed by atoms with Crippen molar-refractivity contribution in [2.75, 3.05) is 0 Å². The molecule has 0 spiro atoms. The van der Waals surface area contributed by atoms with Crippen LogP contribution in [-0.4, -0.2) is 14.8 Å². The van der Waals surface area contributed by atoms with Crippen molar-refractivity contribution >= 4 is 0 Å². The third kappa shape index (κ3) is 1.50. The minimum absolute atomic E-state index is 0.224. The van der Waals surface area contributed by atoms with Gasteiger partial charge in [-0.25, -0.2) is 0 Å². The zero-order valence-electron chi connectivity index (χ0n) is 5.76.